The SMILES string of the molecule is COc1cc([C@@H]2c3cc4c(cc3C[C@H]3COC(=O)[C@@H]32)OCO4)cc(OC)c1OC(=O)C(=O)c1cn(Cc2ccccc2)c2cccc(C)c12. The Kier molecular flexibility index (Phi) is 7.51. The number of aromatic nitrogens is 1. The first-order chi connectivity index (χ1) is 23.8. The number of carbonyl (C=O) groups excluding carboxylic acids is 3. The molecule has 2 aliphatic heterocycles. The van der Waals surface area contributed by atoms with Crippen LogP contribution in [-0.2, 0) is 27.3 Å². The zero-order valence-corrected chi connectivity index (χ0v) is 27.2. The number of carbonyl (C=O) groups is 3. The van der Waals surface area contributed by atoms with Crippen LogP contribution in [0.2, 0.25) is 0 Å². The minimum atomic E-state index is -1.08. The quantitative estimate of drug-likeness (QED) is 0.0856. The summed E-state index contributed by atoms with van der Waals surface area (Å²) in [4.78, 5) is 40.6. The van der Waals surface area contributed by atoms with Crippen LogP contribution in [0.1, 0.15) is 44.1 Å². The first-order valence-corrected chi connectivity index (χ1v) is 16.1. The Hall–Kier alpha value is -5.77. The van der Waals surface area contributed by atoms with Crippen LogP contribution < -0.4 is 23.7 Å². The van der Waals surface area contributed by atoms with Gasteiger partial charge in [0, 0.05) is 35.5 Å². The van der Waals surface area contributed by atoms with E-state index in [4.69, 9.17) is 28.4 Å². The van der Waals surface area contributed by atoms with Gasteiger partial charge in [0.15, 0.2) is 23.0 Å². The van der Waals surface area contributed by atoms with Gasteiger partial charge in [0.05, 0.1) is 32.3 Å². The molecule has 8 rings (SSSR count). The Morgan fingerprint density at radius 2 is 1.63 bits per heavy atom. The Labute approximate surface area is 282 Å². The molecule has 0 amide bonds. The predicted molar refractivity (Wildman–Crippen MR) is 178 cm³/mol. The second-order valence-corrected chi connectivity index (χ2v) is 12.6. The van der Waals surface area contributed by atoms with Crippen LogP contribution in [0.25, 0.3) is 10.9 Å². The van der Waals surface area contributed by atoms with Crippen LogP contribution in [-0.4, -0.2) is 49.9 Å². The van der Waals surface area contributed by atoms with E-state index < -0.39 is 23.6 Å². The van der Waals surface area contributed by atoms with Gasteiger partial charge in [0.25, 0.3) is 5.78 Å². The second-order valence-electron chi connectivity index (χ2n) is 12.6. The van der Waals surface area contributed by atoms with E-state index in [1.165, 1.54) is 14.2 Å². The maximum atomic E-state index is 13.8. The highest BCUT2D eigenvalue weighted by atomic mass is 16.7. The van der Waals surface area contributed by atoms with Crippen molar-refractivity contribution in [3.63, 3.8) is 0 Å². The molecule has 0 bridgehead atoms. The van der Waals surface area contributed by atoms with E-state index in [-0.39, 0.29) is 41.5 Å². The number of ketones is 1. The molecule has 0 saturated carbocycles. The van der Waals surface area contributed by atoms with Crippen molar-refractivity contribution in [3.8, 4) is 28.7 Å². The van der Waals surface area contributed by atoms with Gasteiger partial charge in [0.1, 0.15) is 0 Å². The minimum absolute atomic E-state index is 0.0371. The van der Waals surface area contributed by atoms with Gasteiger partial charge in [-0.2, -0.15) is 0 Å². The molecule has 1 aromatic heterocycles. The van der Waals surface area contributed by atoms with Gasteiger partial charge in [-0.25, -0.2) is 4.79 Å². The number of aryl methyl sites for hydroxylation is 1. The highest BCUT2D eigenvalue weighted by Crippen LogP contribution is 2.52. The largest absolute Gasteiger partial charge is 0.493 e. The van der Waals surface area contributed by atoms with Gasteiger partial charge in [0.2, 0.25) is 12.5 Å². The van der Waals surface area contributed by atoms with Crippen LogP contribution in [0.5, 0.6) is 28.7 Å². The number of hydrogen-bond acceptors (Lipinski definition) is 9. The van der Waals surface area contributed by atoms with Crippen molar-refractivity contribution in [1.82, 2.24) is 4.57 Å². The second kappa shape index (κ2) is 12.0. The molecule has 0 radical (unpaired) electrons. The summed E-state index contributed by atoms with van der Waals surface area (Å²) < 4.78 is 36.1. The number of rotatable bonds is 8. The Balaban J connectivity index is 1.15. The van der Waals surface area contributed by atoms with Gasteiger partial charge in [-0.15, -0.1) is 0 Å². The molecule has 10 nitrogen and oxygen atoms in total. The molecule has 1 fully saturated rings. The molecular weight excluding hydrogens is 626 g/mol. The molecular formula is C39H33NO9. The summed E-state index contributed by atoms with van der Waals surface area (Å²) in [6, 6.07) is 23.0. The molecule has 1 aliphatic carbocycles. The highest BCUT2D eigenvalue weighted by molar-refractivity contribution is 6.43. The summed E-state index contributed by atoms with van der Waals surface area (Å²) in [5.74, 6) is -1.48. The lowest BCUT2D eigenvalue weighted by Gasteiger charge is -2.34. The molecule has 4 aromatic carbocycles. The van der Waals surface area contributed by atoms with Crippen molar-refractivity contribution < 1.29 is 42.8 Å². The van der Waals surface area contributed by atoms with Crippen LogP contribution in [0.3, 0.4) is 0 Å². The number of cyclic esters (lactones) is 1. The number of Topliss-reactive ketones (excluding diaryl/α,β-unsaturated/α-hetero) is 1. The fourth-order valence-electron chi connectivity index (χ4n) is 7.55. The van der Waals surface area contributed by atoms with Gasteiger partial charge in [-0.3, -0.25) is 9.59 Å². The smallest absolute Gasteiger partial charge is 0.385 e. The zero-order chi connectivity index (χ0) is 33.8. The summed E-state index contributed by atoms with van der Waals surface area (Å²) in [6.45, 7) is 2.88. The van der Waals surface area contributed by atoms with Gasteiger partial charge in [-0.1, -0.05) is 42.5 Å². The van der Waals surface area contributed by atoms with E-state index in [2.05, 4.69) is 0 Å². The van der Waals surface area contributed by atoms with E-state index >= 15 is 0 Å². The normalized spacial score (nSPS) is 18.8. The van der Waals surface area contributed by atoms with Crippen molar-refractivity contribution in [2.24, 2.45) is 11.8 Å². The molecule has 0 spiro atoms. The van der Waals surface area contributed by atoms with Crippen LogP contribution in [0.4, 0.5) is 0 Å². The minimum Gasteiger partial charge on any atom is -0.493 e. The van der Waals surface area contributed by atoms with E-state index in [0.29, 0.717) is 42.0 Å². The number of benzene rings is 4. The standard InChI is InChI=1S/C39H33NO9/c1-21-8-7-11-28-33(21)27(18-40(28)17-22-9-5-4-6-10-22)36(41)39(43)49-37-31(44-2)14-24(15-32(37)45-3)34-26-16-30-29(47-20-48-30)13-23(26)12-25-19-46-38(42)35(25)34/h4-11,13-16,18,25,34-35H,12,17,19-20H2,1-3H3/t25-,34+,35-/m0/s1. The number of nitrogens with zero attached hydrogens (tertiary/aromatic N) is 1. The molecule has 5 aromatic rings. The zero-order valence-electron chi connectivity index (χ0n) is 27.2. The van der Waals surface area contributed by atoms with E-state index in [0.717, 1.165) is 27.8 Å². The lowest BCUT2D eigenvalue weighted by molar-refractivity contribution is -0.141. The molecule has 248 valence electrons. The topological polar surface area (TPSA) is 112 Å². The third kappa shape index (κ3) is 5.15. The summed E-state index contributed by atoms with van der Waals surface area (Å²) >= 11 is 0. The summed E-state index contributed by atoms with van der Waals surface area (Å²) in [6.07, 6.45) is 2.36. The lowest BCUT2D eigenvalue weighted by atomic mass is 9.67. The maximum Gasteiger partial charge on any atom is 0.385 e. The molecule has 3 aliphatic rings. The third-order valence-corrected chi connectivity index (χ3v) is 9.81. The highest BCUT2D eigenvalue weighted by Gasteiger charge is 2.48. The van der Waals surface area contributed by atoms with Crippen molar-refractivity contribution in [3.05, 3.63) is 112 Å². The average molecular weight is 660 g/mol. The summed E-state index contributed by atoms with van der Waals surface area (Å²) in [5, 5.41) is 0.685. The molecule has 0 unspecified atom stereocenters. The molecule has 3 heterocycles. The summed E-state index contributed by atoms with van der Waals surface area (Å²) in [7, 11) is 2.88. The third-order valence-electron chi connectivity index (χ3n) is 9.81. The van der Waals surface area contributed by atoms with Crippen LogP contribution >= 0.6 is 0 Å². The Bertz CT molecular complexity index is 2130. The van der Waals surface area contributed by atoms with Gasteiger partial charge >= 0.3 is 11.9 Å². The van der Waals surface area contributed by atoms with Gasteiger partial charge in [-0.05, 0) is 71.5 Å². The molecule has 3 atom stereocenters. The molecule has 0 N–H and O–H groups in total. The number of fused-ring (bicyclic) bond motifs is 4. The first-order valence-electron chi connectivity index (χ1n) is 16.1. The number of esters is 2. The lowest BCUT2D eigenvalue weighted by Crippen LogP contribution is -2.31. The maximum absolute atomic E-state index is 13.8. The molecule has 49 heavy (non-hydrogen) atoms. The van der Waals surface area contributed by atoms with Gasteiger partial charge < -0.3 is 33.0 Å². The number of hydrogen-bond donors (Lipinski definition) is 0. The van der Waals surface area contributed by atoms with E-state index in [1.807, 2.05) is 72.2 Å². The molecule has 1 saturated heterocycles. The predicted octanol–water partition coefficient (Wildman–Crippen LogP) is 6.01. The van der Waals surface area contributed by atoms with Crippen LogP contribution in [0.15, 0.2) is 79.0 Å². The monoisotopic (exact) mass is 659 g/mol. The number of ether oxygens (including phenoxy) is 6. The fourth-order valence-corrected chi connectivity index (χ4v) is 7.55. The van der Waals surface area contributed by atoms with Crippen molar-refractivity contribution >= 4 is 28.6 Å². The van der Waals surface area contributed by atoms with Crippen LogP contribution in [0, 0.1) is 18.8 Å². The van der Waals surface area contributed by atoms with Crippen molar-refractivity contribution in [2.45, 2.75) is 25.8 Å². The fraction of sp³-hybridized carbons (Fsp3) is 0.256. The Morgan fingerprint density at radius 3 is 2.37 bits per heavy atom. The van der Waals surface area contributed by atoms with E-state index in [1.54, 1.807) is 18.3 Å². The van der Waals surface area contributed by atoms with Crippen molar-refractivity contribution in [2.75, 3.05) is 27.6 Å². The average Bonchev–Trinajstić information content (AvgIpc) is 3.84. The first kappa shape index (κ1) is 30.6. The summed E-state index contributed by atoms with van der Waals surface area (Å²) in [5.41, 5.74) is 5.64. The number of methoxy groups -OCH3 is 2. The molecule has 10 heteroatoms. The van der Waals surface area contributed by atoms with E-state index in [9.17, 15) is 14.4 Å². The Morgan fingerprint density at radius 1 is 0.898 bits per heavy atom. The van der Waals surface area contributed by atoms with Crippen molar-refractivity contribution in [1.29, 1.82) is 0 Å².